The average molecular weight is 385 g/mol. The van der Waals surface area contributed by atoms with Gasteiger partial charge in [0.15, 0.2) is 5.11 Å². The molecular weight excluding hydrogens is 362 g/mol. The minimum atomic E-state index is -0.282. The zero-order chi connectivity index (χ0) is 19.1. The predicted molar refractivity (Wildman–Crippen MR) is 109 cm³/mol. The van der Waals surface area contributed by atoms with Gasteiger partial charge in [0.1, 0.15) is 5.75 Å². The molecule has 0 bridgehead atoms. The number of nitrogens with one attached hydrogen (secondary N) is 2. The van der Waals surface area contributed by atoms with E-state index >= 15 is 0 Å². The molecule has 2 aromatic carbocycles. The van der Waals surface area contributed by atoms with Crippen LogP contribution >= 0.6 is 12.2 Å². The molecule has 1 amide bonds. The van der Waals surface area contributed by atoms with Gasteiger partial charge in [-0.25, -0.2) is 0 Å². The largest absolute Gasteiger partial charge is 0.497 e. The van der Waals surface area contributed by atoms with Gasteiger partial charge >= 0.3 is 0 Å². The number of methoxy groups -OCH3 is 1. The Kier molecular flexibility index (Phi) is 6.75. The zero-order valence-electron chi connectivity index (χ0n) is 15.2. The smallest absolute Gasteiger partial charge is 0.257 e. The van der Waals surface area contributed by atoms with E-state index in [2.05, 4.69) is 27.7 Å². The van der Waals surface area contributed by atoms with Gasteiger partial charge in [0.05, 0.1) is 20.3 Å². The predicted octanol–water partition coefficient (Wildman–Crippen LogP) is 2.65. The Morgan fingerprint density at radius 3 is 2.63 bits per heavy atom. The molecule has 0 atom stereocenters. The van der Waals surface area contributed by atoms with Crippen LogP contribution in [0.25, 0.3) is 0 Å². The Labute approximate surface area is 164 Å². The summed E-state index contributed by atoms with van der Waals surface area (Å²) < 4.78 is 10.5. The molecule has 1 aliphatic heterocycles. The van der Waals surface area contributed by atoms with E-state index in [4.69, 9.17) is 21.7 Å². The van der Waals surface area contributed by atoms with Crippen molar-refractivity contribution in [3.05, 3.63) is 59.7 Å². The maximum absolute atomic E-state index is 12.3. The summed E-state index contributed by atoms with van der Waals surface area (Å²) in [5, 5.41) is 5.97. The van der Waals surface area contributed by atoms with E-state index in [0.717, 1.165) is 38.5 Å². The Morgan fingerprint density at radius 1 is 1.19 bits per heavy atom. The lowest BCUT2D eigenvalue weighted by Crippen LogP contribution is -2.35. The molecule has 1 saturated heterocycles. The number of hydrogen-bond donors (Lipinski definition) is 2. The summed E-state index contributed by atoms with van der Waals surface area (Å²) in [5.74, 6) is 0.340. The Morgan fingerprint density at radius 2 is 1.93 bits per heavy atom. The molecule has 142 valence electrons. The topological polar surface area (TPSA) is 62.8 Å². The minimum Gasteiger partial charge on any atom is -0.497 e. The van der Waals surface area contributed by atoms with Gasteiger partial charge in [-0.2, -0.15) is 0 Å². The molecule has 7 heteroatoms. The molecule has 0 aliphatic carbocycles. The molecule has 0 unspecified atom stereocenters. The lowest BCUT2D eigenvalue weighted by Gasteiger charge is -2.26. The number of amides is 1. The molecule has 0 spiro atoms. The standard InChI is InChI=1S/C20H23N3O3S/c1-25-18-4-2-3-16(13-18)19(24)22-20(27)21-17-7-5-15(6-8-17)14-23-9-11-26-12-10-23/h2-8,13H,9-12,14H2,1H3,(H2,21,22,24,27). The fourth-order valence-electron chi connectivity index (χ4n) is 2.81. The van der Waals surface area contributed by atoms with Crippen molar-refractivity contribution >= 4 is 28.9 Å². The fraction of sp³-hybridized carbons (Fsp3) is 0.300. The van der Waals surface area contributed by atoms with Gasteiger partial charge in [-0.05, 0) is 48.1 Å². The van der Waals surface area contributed by atoms with E-state index in [-0.39, 0.29) is 11.0 Å². The Balaban J connectivity index is 1.51. The van der Waals surface area contributed by atoms with Crippen LogP contribution in [0.3, 0.4) is 0 Å². The normalized spacial score (nSPS) is 14.4. The first-order chi connectivity index (χ1) is 13.1. The van der Waals surface area contributed by atoms with Crippen LogP contribution in [-0.2, 0) is 11.3 Å². The van der Waals surface area contributed by atoms with E-state index in [0.29, 0.717) is 11.3 Å². The monoisotopic (exact) mass is 385 g/mol. The number of anilines is 1. The van der Waals surface area contributed by atoms with Crippen molar-refractivity contribution in [2.75, 3.05) is 38.7 Å². The second-order valence-electron chi connectivity index (χ2n) is 6.23. The molecule has 2 N–H and O–H groups in total. The molecule has 1 heterocycles. The Bertz CT molecular complexity index is 789. The highest BCUT2D eigenvalue weighted by atomic mass is 32.1. The van der Waals surface area contributed by atoms with Crippen LogP contribution < -0.4 is 15.4 Å². The first-order valence-electron chi connectivity index (χ1n) is 8.79. The van der Waals surface area contributed by atoms with Crippen molar-refractivity contribution in [3.63, 3.8) is 0 Å². The fourth-order valence-corrected chi connectivity index (χ4v) is 3.02. The van der Waals surface area contributed by atoms with E-state index in [1.165, 1.54) is 5.56 Å². The molecular formula is C20H23N3O3S. The molecule has 27 heavy (non-hydrogen) atoms. The van der Waals surface area contributed by atoms with E-state index in [1.807, 2.05) is 12.1 Å². The summed E-state index contributed by atoms with van der Waals surface area (Å²) in [7, 11) is 1.56. The molecule has 6 nitrogen and oxygen atoms in total. The van der Waals surface area contributed by atoms with Crippen molar-refractivity contribution in [3.8, 4) is 5.75 Å². The Hall–Kier alpha value is -2.48. The van der Waals surface area contributed by atoms with Crippen LogP contribution in [0.1, 0.15) is 15.9 Å². The number of morpholine rings is 1. The first-order valence-corrected chi connectivity index (χ1v) is 9.20. The molecule has 1 aliphatic rings. The quantitative estimate of drug-likeness (QED) is 0.772. The van der Waals surface area contributed by atoms with Gasteiger partial charge < -0.3 is 14.8 Å². The maximum Gasteiger partial charge on any atom is 0.257 e. The number of ether oxygens (including phenoxy) is 2. The number of thiocarbonyl (C=S) groups is 1. The highest BCUT2D eigenvalue weighted by Crippen LogP contribution is 2.14. The van der Waals surface area contributed by atoms with Crippen LogP contribution in [0.2, 0.25) is 0 Å². The third-order valence-electron chi connectivity index (χ3n) is 4.28. The van der Waals surface area contributed by atoms with Crippen molar-refractivity contribution in [1.29, 1.82) is 0 Å². The SMILES string of the molecule is COc1cccc(C(=O)NC(=S)Nc2ccc(CN3CCOCC3)cc2)c1. The van der Waals surface area contributed by atoms with Crippen molar-refractivity contribution in [1.82, 2.24) is 10.2 Å². The third-order valence-corrected chi connectivity index (χ3v) is 4.48. The summed E-state index contributed by atoms with van der Waals surface area (Å²) in [6, 6.07) is 15.0. The van der Waals surface area contributed by atoms with Crippen molar-refractivity contribution < 1.29 is 14.3 Å². The summed E-state index contributed by atoms with van der Waals surface area (Å²) in [6.07, 6.45) is 0. The summed E-state index contributed by atoms with van der Waals surface area (Å²) in [5.41, 5.74) is 2.55. The van der Waals surface area contributed by atoms with Crippen LogP contribution in [0.5, 0.6) is 5.75 Å². The molecule has 3 rings (SSSR count). The van der Waals surface area contributed by atoms with Gasteiger partial charge in [-0.15, -0.1) is 0 Å². The van der Waals surface area contributed by atoms with E-state index in [1.54, 1.807) is 31.4 Å². The molecule has 1 fully saturated rings. The van der Waals surface area contributed by atoms with E-state index in [9.17, 15) is 4.79 Å². The van der Waals surface area contributed by atoms with Gasteiger partial charge in [-0.3, -0.25) is 15.0 Å². The minimum absolute atomic E-state index is 0.253. The summed E-state index contributed by atoms with van der Waals surface area (Å²) in [4.78, 5) is 14.6. The lowest BCUT2D eigenvalue weighted by molar-refractivity contribution is 0.0342. The second kappa shape index (κ2) is 9.45. The molecule has 0 aromatic heterocycles. The third kappa shape index (κ3) is 5.75. The van der Waals surface area contributed by atoms with Crippen molar-refractivity contribution in [2.45, 2.75) is 6.54 Å². The van der Waals surface area contributed by atoms with Crippen LogP contribution in [0.4, 0.5) is 5.69 Å². The van der Waals surface area contributed by atoms with Crippen LogP contribution in [-0.4, -0.2) is 49.3 Å². The van der Waals surface area contributed by atoms with E-state index < -0.39 is 0 Å². The number of benzene rings is 2. The van der Waals surface area contributed by atoms with Gasteiger partial charge in [0, 0.05) is 30.9 Å². The molecule has 0 radical (unpaired) electrons. The molecule has 2 aromatic rings. The number of hydrogen-bond acceptors (Lipinski definition) is 5. The maximum atomic E-state index is 12.3. The van der Waals surface area contributed by atoms with Gasteiger partial charge in [-0.1, -0.05) is 18.2 Å². The summed E-state index contributed by atoms with van der Waals surface area (Å²) >= 11 is 5.24. The number of nitrogens with zero attached hydrogens (tertiary/aromatic N) is 1. The number of carbonyl (C=O) groups excluding carboxylic acids is 1. The number of carbonyl (C=O) groups is 1. The van der Waals surface area contributed by atoms with Crippen molar-refractivity contribution in [2.24, 2.45) is 0 Å². The zero-order valence-corrected chi connectivity index (χ0v) is 16.1. The van der Waals surface area contributed by atoms with Crippen LogP contribution in [0.15, 0.2) is 48.5 Å². The summed E-state index contributed by atoms with van der Waals surface area (Å²) in [6.45, 7) is 4.41. The number of rotatable bonds is 5. The van der Waals surface area contributed by atoms with Gasteiger partial charge in [0.25, 0.3) is 5.91 Å². The first kappa shape index (κ1) is 19.3. The van der Waals surface area contributed by atoms with Crippen LogP contribution in [0, 0.1) is 0 Å². The molecule has 0 saturated carbocycles. The highest BCUT2D eigenvalue weighted by Gasteiger charge is 2.11. The lowest BCUT2D eigenvalue weighted by atomic mass is 10.2. The van der Waals surface area contributed by atoms with Gasteiger partial charge in [0.2, 0.25) is 0 Å². The second-order valence-corrected chi connectivity index (χ2v) is 6.63. The highest BCUT2D eigenvalue weighted by molar-refractivity contribution is 7.80. The average Bonchev–Trinajstić information content (AvgIpc) is 2.70.